The van der Waals surface area contributed by atoms with Crippen molar-refractivity contribution in [3.63, 3.8) is 0 Å². The number of nitrogens with zero attached hydrogens (tertiary/aromatic N) is 1. The number of halogens is 1. The highest BCUT2D eigenvalue weighted by Crippen LogP contribution is 2.28. The smallest absolute Gasteiger partial charge is 0.243 e. The van der Waals surface area contributed by atoms with Gasteiger partial charge < -0.3 is 10.1 Å². The van der Waals surface area contributed by atoms with E-state index in [1.165, 1.54) is 16.4 Å². The summed E-state index contributed by atoms with van der Waals surface area (Å²) in [6.07, 6.45) is 1.25. The standard InChI is InChI=1S/C20H23ClN2O4S/c1-14-5-10-19(27-2)18(12-14)22-20(24)15-4-3-11-23(13-15)28(25,26)17-8-6-16(21)7-9-17/h5-10,12,15H,3-4,11,13H2,1-2H3,(H,22,24). The Labute approximate surface area is 170 Å². The molecule has 1 unspecified atom stereocenters. The van der Waals surface area contributed by atoms with Gasteiger partial charge in [-0.3, -0.25) is 4.79 Å². The number of hydrogen-bond acceptors (Lipinski definition) is 4. The van der Waals surface area contributed by atoms with Crippen LogP contribution in [0.4, 0.5) is 5.69 Å². The van der Waals surface area contributed by atoms with Crippen molar-refractivity contribution in [2.24, 2.45) is 5.92 Å². The third-order valence-corrected chi connectivity index (χ3v) is 6.95. The van der Waals surface area contributed by atoms with Crippen LogP contribution in [0.2, 0.25) is 5.02 Å². The van der Waals surface area contributed by atoms with Gasteiger partial charge in [0.2, 0.25) is 15.9 Å². The van der Waals surface area contributed by atoms with E-state index in [9.17, 15) is 13.2 Å². The van der Waals surface area contributed by atoms with Crippen LogP contribution >= 0.6 is 11.6 Å². The summed E-state index contributed by atoms with van der Waals surface area (Å²) in [5.41, 5.74) is 1.58. The van der Waals surface area contributed by atoms with Crippen LogP contribution in [0.15, 0.2) is 47.4 Å². The molecule has 150 valence electrons. The fraction of sp³-hybridized carbons (Fsp3) is 0.350. The van der Waals surface area contributed by atoms with Crippen LogP contribution in [0.1, 0.15) is 18.4 Å². The van der Waals surface area contributed by atoms with Crippen molar-refractivity contribution in [1.29, 1.82) is 0 Å². The minimum Gasteiger partial charge on any atom is -0.495 e. The van der Waals surface area contributed by atoms with Gasteiger partial charge in [-0.05, 0) is 61.7 Å². The lowest BCUT2D eigenvalue weighted by Gasteiger charge is -2.31. The van der Waals surface area contributed by atoms with Gasteiger partial charge in [-0.25, -0.2) is 8.42 Å². The molecule has 0 saturated carbocycles. The fourth-order valence-corrected chi connectivity index (χ4v) is 4.93. The van der Waals surface area contributed by atoms with Crippen LogP contribution in [-0.2, 0) is 14.8 Å². The molecule has 3 rings (SSSR count). The molecule has 1 amide bonds. The lowest BCUT2D eigenvalue weighted by atomic mass is 9.98. The van der Waals surface area contributed by atoms with E-state index in [0.29, 0.717) is 35.8 Å². The van der Waals surface area contributed by atoms with Gasteiger partial charge in [0.25, 0.3) is 0 Å². The molecule has 0 aromatic heterocycles. The molecule has 1 fully saturated rings. The van der Waals surface area contributed by atoms with E-state index in [-0.39, 0.29) is 17.3 Å². The zero-order valence-corrected chi connectivity index (χ0v) is 17.4. The second-order valence-electron chi connectivity index (χ2n) is 6.85. The number of anilines is 1. The van der Waals surface area contributed by atoms with Gasteiger partial charge in [-0.1, -0.05) is 17.7 Å². The summed E-state index contributed by atoms with van der Waals surface area (Å²) in [5, 5.41) is 3.36. The third kappa shape index (κ3) is 4.48. The van der Waals surface area contributed by atoms with Crippen molar-refractivity contribution in [3.05, 3.63) is 53.1 Å². The highest BCUT2D eigenvalue weighted by Gasteiger charge is 2.33. The Kier molecular flexibility index (Phi) is 6.27. The summed E-state index contributed by atoms with van der Waals surface area (Å²) in [6.45, 7) is 2.46. The van der Waals surface area contributed by atoms with E-state index < -0.39 is 15.9 Å². The Bertz CT molecular complexity index is 961. The van der Waals surface area contributed by atoms with Gasteiger partial charge >= 0.3 is 0 Å². The third-order valence-electron chi connectivity index (χ3n) is 4.82. The zero-order valence-electron chi connectivity index (χ0n) is 15.8. The quantitative estimate of drug-likeness (QED) is 0.797. The summed E-state index contributed by atoms with van der Waals surface area (Å²) < 4.78 is 32.5. The molecule has 1 saturated heterocycles. The molecule has 1 aliphatic rings. The van der Waals surface area contributed by atoms with Crippen molar-refractivity contribution in [1.82, 2.24) is 4.31 Å². The Morgan fingerprint density at radius 1 is 1.21 bits per heavy atom. The molecule has 1 aliphatic heterocycles. The molecule has 6 nitrogen and oxygen atoms in total. The minimum atomic E-state index is -3.67. The average Bonchev–Trinajstić information content (AvgIpc) is 2.68. The van der Waals surface area contributed by atoms with Gasteiger partial charge in [0.15, 0.2) is 0 Å². The topological polar surface area (TPSA) is 75.7 Å². The molecule has 1 N–H and O–H groups in total. The largest absolute Gasteiger partial charge is 0.495 e. The van der Waals surface area contributed by atoms with Gasteiger partial charge in [-0.2, -0.15) is 4.31 Å². The Morgan fingerprint density at radius 3 is 2.61 bits per heavy atom. The first kappa shape index (κ1) is 20.6. The van der Waals surface area contributed by atoms with Gasteiger partial charge in [0.05, 0.1) is 23.6 Å². The number of aryl methyl sites for hydroxylation is 1. The summed E-state index contributed by atoms with van der Waals surface area (Å²) in [6, 6.07) is 11.6. The molecule has 1 heterocycles. The van der Waals surface area contributed by atoms with Crippen LogP contribution in [0.5, 0.6) is 5.75 Å². The van der Waals surface area contributed by atoms with E-state index >= 15 is 0 Å². The molecule has 0 aliphatic carbocycles. The maximum Gasteiger partial charge on any atom is 0.243 e. The van der Waals surface area contributed by atoms with E-state index in [1.807, 2.05) is 19.1 Å². The summed E-state index contributed by atoms with van der Waals surface area (Å²) in [7, 11) is -2.12. The van der Waals surface area contributed by atoms with Gasteiger partial charge in [0.1, 0.15) is 5.75 Å². The summed E-state index contributed by atoms with van der Waals surface area (Å²) in [4.78, 5) is 13.0. The number of nitrogens with one attached hydrogen (secondary N) is 1. The fourth-order valence-electron chi connectivity index (χ4n) is 3.28. The molecule has 8 heteroatoms. The molecule has 1 atom stereocenters. The molecule has 0 spiro atoms. The summed E-state index contributed by atoms with van der Waals surface area (Å²) >= 11 is 5.85. The molecule has 2 aromatic rings. The number of carbonyl (C=O) groups excluding carboxylic acids is 1. The first-order chi connectivity index (χ1) is 13.3. The second kappa shape index (κ2) is 8.51. The van der Waals surface area contributed by atoms with Gasteiger partial charge in [-0.15, -0.1) is 0 Å². The van der Waals surface area contributed by atoms with Crippen molar-refractivity contribution in [2.45, 2.75) is 24.7 Å². The number of methoxy groups -OCH3 is 1. The molecular formula is C20H23ClN2O4S. The number of rotatable bonds is 5. The number of piperidine rings is 1. The van der Waals surface area contributed by atoms with Crippen LogP contribution < -0.4 is 10.1 Å². The van der Waals surface area contributed by atoms with E-state index in [1.54, 1.807) is 25.3 Å². The molecule has 2 aromatic carbocycles. The predicted molar refractivity (Wildman–Crippen MR) is 109 cm³/mol. The minimum absolute atomic E-state index is 0.144. The first-order valence-corrected chi connectivity index (χ1v) is 10.8. The lowest BCUT2D eigenvalue weighted by Crippen LogP contribution is -2.43. The maximum atomic E-state index is 12.9. The van der Waals surface area contributed by atoms with E-state index in [2.05, 4.69) is 5.32 Å². The van der Waals surface area contributed by atoms with E-state index in [4.69, 9.17) is 16.3 Å². The highest BCUT2D eigenvalue weighted by molar-refractivity contribution is 7.89. The summed E-state index contributed by atoms with van der Waals surface area (Å²) in [5.74, 6) is -0.0682. The van der Waals surface area contributed by atoms with Crippen LogP contribution in [-0.4, -0.2) is 38.8 Å². The molecule has 0 bridgehead atoms. The van der Waals surface area contributed by atoms with Crippen LogP contribution in [0.25, 0.3) is 0 Å². The zero-order chi connectivity index (χ0) is 20.3. The first-order valence-electron chi connectivity index (χ1n) is 9.02. The predicted octanol–water partition coefficient (Wildman–Crippen LogP) is 3.70. The number of carbonyl (C=O) groups is 1. The number of ether oxygens (including phenoxy) is 1. The number of hydrogen-bond donors (Lipinski definition) is 1. The van der Waals surface area contributed by atoms with Crippen LogP contribution in [0.3, 0.4) is 0 Å². The Balaban J connectivity index is 1.75. The molecule has 28 heavy (non-hydrogen) atoms. The molecular weight excluding hydrogens is 400 g/mol. The lowest BCUT2D eigenvalue weighted by molar-refractivity contribution is -0.120. The Hall–Kier alpha value is -2.09. The maximum absolute atomic E-state index is 12.9. The number of benzene rings is 2. The van der Waals surface area contributed by atoms with Crippen molar-refractivity contribution < 1.29 is 17.9 Å². The number of sulfonamides is 1. The highest BCUT2D eigenvalue weighted by atomic mass is 35.5. The van der Waals surface area contributed by atoms with Crippen molar-refractivity contribution in [3.8, 4) is 5.75 Å². The van der Waals surface area contributed by atoms with E-state index in [0.717, 1.165) is 5.56 Å². The number of amides is 1. The average molecular weight is 423 g/mol. The second-order valence-corrected chi connectivity index (χ2v) is 9.22. The van der Waals surface area contributed by atoms with Crippen LogP contribution in [0, 0.1) is 12.8 Å². The van der Waals surface area contributed by atoms with Crippen molar-refractivity contribution >= 4 is 33.2 Å². The van der Waals surface area contributed by atoms with Crippen molar-refractivity contribution in [2.75, 3.05) is 25.5 Å². The van der Waals surface area contributed by atoms with Gasteiger partial charge in [0, 0.05) is 18.1 Å². The SMILES string of the molecule is COc1ccc(C)cc1NC(=O)C1CCCN(S(=O)(=O)c2ccc(Cl)cc2)C1. The Morgan fingerprint density at radius 2 is 1.93 bits per heavy atom. The normalized spacial score (nSPS) is 17.9. The molecule has 0 radical (unpaired) electrons. The monoisotopic (exact) mass is 422 g/mol.